The molecule has 0 spiro atoms. The number of hydrogen-bond donors (Lipinski definition) is 1. The lowest BCUT2D eigenvalue weighted by Gasteiger charge is -2.05. The third kappa shape index (κ3) is 1.67. The predicted octanol–water partition coefficient (Wildman–Crippen LogP) is 0.531. The SMILES string of the molecule is [B]c1cnc(Cl)c2nc(-c3nonc3N)n(CC)c12. The van der Waals surface area contributed by atoms with Gasteiger partial charge in [-0.2, -0.15) is 0 Å². The Morgan fingerprint density at radius 3 is 2.89 bits per heavy atom. The number of anilines is 1. The van der Waals surface area contributed by atoms with E-state index in [1.165, 1.54) is 6.20 Å². The number of imidazole rings is 1. The number of aryl methyl sites for hydroxylation is 1. The van der Waals surface area contributed by atoms with Gasteiger partial charge in [-0.15, -0.1) is 0 Å². The van der Waals surface area contributed by atoms with E-state index in [0.717, 1.165) is 0 Å². The van der Waals surface area contributed by atoms with Gasteiger partial charge in [-0.3, -0.25) is 0 Å². The maximum Gasteiger partial charge on any atom is 0.199 e. The van der Waals surface area contributed by atoms with Crippen LogP contribution in [0.4, 0.5) is 5.82 Å². The van der Waals surface area contributed by atoms with E-state index in [-0.39, 0.29) is 11.0 Å². The maximum absolute atomic E-state index is 6.04. The summed E-state index contributed by atoms with van der Waals surface area (Å²) in [6, 6.07) is 0. The van der Waals surface area contributed by atoms with Gasteiger partial charge in [-0.05, 0) is 17.2 Å². The first-order valence-electron chi connectivity index (χ1n) is 5.52. The molecule has 7 nitrogen and oxygen atoms in total. The van der Waals surface area contributed by atoms with Crippen LogP contribution in [0.3, 0.4) is 0 Å². The number of nitrogens with zero attached hydrogens (tertiary/aromatic N) is 5. The van der Waals surface area contributed by atoms with Crippen molar-refractivity contribution in [3.05, 3.63) is 11.3 Å². The van der Waals surface area contributed by atoms with Gasteiger partial charge in [0.25, 0.3) is 0 Å². The highest BCUT2D eigenvalue weighted by atomic mass is 35.5. The van der Waals surface area contributed by atoms with Gasteiger partial charge >= 0.3 is 0 Å². The van der Waals surface area contributed by atoms with E-state index >= 15 is 0 Å². The van der Waals surface area contributed by atoms with Crippen molar-refractivity contribution >= 4 is 41.8 Å². The Balaban J connectivity index is 2.41. The molecule has 2 N–H and O–H groups in total. The molecule has 3 aromatic heterocycles. The molecule has 0 bridgehead atoms. The van der Waals surface area contributed by atoms with E-state index < -0.39 is 0 Å². The molecule has 9 heteroatoms. The Kier molecular flexibility index (Phi) is 2.67. The summed E-state index contributed by atoms with van der Waals surface area (Å²) in [6.07, 6.45) is 1.49. The highest BCUT2D eigenvalue weighted by Crippen LogP contribution is 2.27. The summed E-state index contributed by atoms with van der Waals surface area (Å²) in [6.45, 7) is 2.56. The number of rotatable bonds is 2. The van der Waals surface area contributed by atoms with Crippen LogP contribution in [0.25, 0.3) is 22.6 Å². The minimum absolute atomic E-state index is 0.160. The summed E-state index contributed by atoms with van der Waals surface area (Å²) >= 11 is 6.04. The van der Waals surface area contributed by atoms with Crippen molar-refractivity contribution in [2.75, 3.05) is 5.73 Å². The van der Waals surface area contributed by atoms with E-state index in [0.29, 0.717) is 34.6 Å². The molecule has 19 heavy (non-hydrogen) atoms. The molecule has 0 fully saturated rings. The predicted molar refractivity (Wildman–Crippen MR) is 71.3 cm³/mol. The molecule has 0 amide bonds. The summed E-state index contributed by atoms with van der Waals surface area (Å²) in [5.74, 6) is 0.658. The minimum atomic E-state index is 0.160. The molecule has 0 saturated carbocycles. The fourth-order valence-electron chi connectivity index (χ4n) is 1.98. The Morgan fingerprint density at radius 2 is 2.26 bits per heavy atom. The Bertz CT molecular complexity index is 767. The number of hydrogen-bond acceptors (Lipinski definition) is 6. The highest BCUT2D eigenvalue weighted by molar-refractivity contribution is 6.41. The van der Waals surface area contributed by atoms with Crippen molar-refractivity contribution in [2.24, 2.45) is 0 Å². The highest BCUT2D eigenvalue weighted by Gasteiger charge is 2.20. The van der Waals surface area contributed by atoms with Gasteiger partial charge in [0, 0.05) is 12.7 Å². The second kappa shape index (κ2) is 4.23. The molecule has 3 aromatic rings. The quantitative estimate of drug-likeness (QED) is 0.541. The maximum atomic E-state index is 6.04. The first kappa shape index (κ1) is 12.0. The largest absolute Gasteiger partial charge is 0.379 e. The average Bonchev–Trinajstić information content (AvgIpc) is 2.97. The van der Waals surface area contributed by atoms with Gasteiger partial charge in [0.15, 0.2) is 22.5 Å². The van der Waals surface area contributed by atoms with Crippen LogP contribution in [-0.2, 0) is 6.54 Å². The van der Waals surface area contributed by atoms with E-state index in [4.69, 9.17) is 25.2 Å². The lowest BCUT2D eigenvalue weighted by molar-refractivity contribution is 0.310. The van der Waals surface area contributed by atoms with Crippen LogP contribution in [0, 0.1) is 0 Å². The third-order valence-electron chi connectivity index (χ3n) is 2.80. The number of halogens is 1. The molecule has 0 aliphatic heterocycles. The normalized spacial score (nSPS) is 11.3. The van der Waals surface area contributed by atoms with Gasteiger partial charge < -0.3 is 10.3 Å². The number of pyridine rings is 1. The van der Waals surface area contributed by atoms with E-state index in [9.17, 15) is 0 Å². The van der Waals surface area contributed by atoms with Crippen LogP contribution in [0.5, 0.6) is 0 Å². The average molecular weight is 274 g/mol. The molecular formula is C10H8BClN6O. The van der Waals surface area contributed by atoms with Crippen molar-refractivity contribution in [1.82, 2.24) is 24.8 Å². The molecule has 2 radical (unpaired) electrons. The topological polar surface area (TPSA) is 95.7 Å². The number of fused-ring (bicyclic) bond motifs is 1. The molecule has 94 valence electrons. The van der Waals surface area contributed by atoms with Crippen molar-refractivity contribution in [3.63, 3.8) is 0 Å². The molecule has 0 atom stereocenters. The van der Waals surface area contributed by atoms with Crippen molar-refractivity contribution < 1.29 is 4.63 Å². The lowest BCUT2D eigenvalue weighted by atomic mass is 9.97. The van der Waals surface area contributed by atoms with Gasteiger partial charge in [0.1, 0.15) is 13.4 Å². The minimum Gasteiger partial charge on any atom is -0.379 e. The summed E-state index contributed by atoms with van der Waals surface area (Å²) in [5.41, 5.74) is 7.73. The van der Waals surface area contributed by atoms with Gasteiger partial charge in [0.2, 0.25) is 0 Å². The fraction of sp³-hybridized carbons (Fsp3) is 0.200. The first-order valence-corrected chi connectivity index (χ1v) is 5.89. The van der Waals surface area contributed by atoms with Crippen LogP contribution in [0.2, 0.25) is 5.15 Å². The number of nitrogens with two attached hydrogens (primary N) is 1. The van der Waals surface area contributed by atoms with E-state index in [1.807, 2.05) is 11.5 Å². The third-order valence-corrected chi connectivity index (χ3v) is 3.07. The summed E-state index contributed by atoms with van der Waals surface area (Å²) in [4.78, 5) is 8.37. The van der Waals surface area contributed by atoms with Crippen LogP contribution < -0.4 is 11.2 Å². The van der Waals surface area contributed by atoms with Crippen LogP contribution in [0.15, 0.2) is 10.8 Å². The van der Waals surface area contributed by atoms with Crippen LogP contribution in [-0.4, -0.2) is 32.7 Å². The van der Waals surface area contributed by atoms with Crippen molar-refractivity contribution in [1.29, 1.82) is 0 Å². The molecule has 0 unspecified atom stereocenters. The number of aromatic nitrogens is 5. The van der Waals surface area contributed by atoms with Gasteiger partial charge in [-0.25, -0.2) is 14.6 Å². The zero-order chi connectivity index (χ0) is 13.6. The fourth-order valence-corrected chi connectivity index (χ4v) is 2.16. The standard InChI is InChI=1S/C10H8BClN6O/c1-2-18-7-4(11)3-14-8(12)5(7)15-10(18)6-9(13)17-19-16-6/h3H,2H2,1H3,(H2,13,17). The second-order valence-electron chi connectivity index (χ2n) is 3.88. The number of nitrogen functional groups attached to an aromatic ring is 1. The zero-order valence-corrected chi connectivity index (χ0v) is 10.7. The molecule has 3 rings (SSSR count). The van der Waals surface area contributed by atoms with Gasteiger partial charge in [-0.1, -0.05) is 17.1 Å². The van der Waals surface area contributed by atoms with Gasteiger partial charge in [0.05, 0.1) is 5.52 Å². The monoisotopic (exact) mass is 274 g/mol. The van der Waals surface area contributed by atoms with E-state index in [2.05, 4.69) is 24.9 Å². The van der Waals surface area contributed by atoms with Crippen LogP contribution in [0.1, 0.15) is 6.92 Å². The summed E-state index contributed by atoms with van der Waals surface area (Å²) < 4.78 is 6.44. The molecule has 0 aromatic carbocycles. The van der Waals surface area contributed by atoms with Crippen molar-refractivity contribution in [3.8, 4) is 11.5 Å². The van der Waals surface area contributed by atoms with E-state index in [1.54, 1.807) is 0 Å². The first-order chi connectivity index (χ1) is 9.13. The molecule has 0 saturated heterocycles. The zero-order valence-electron chi connectivity index (χ0n) is 9.96. The summed E-state index contributed by atoms with van der Waals surface area (Å²) in [7, 11) is 5.93. The van der Waals surface area contributed by atoms with Crippen molar-refractivity contribution in [2.45, 2.75) is 13.5 Å². The molecular weight excluding hydrogens is 266 g/mol. The molecule has 0 aliphatic rings. The molecule has 0 aliphatic carbocycles. The smallest absolute Gasteiger partial charge is 0.199 e. The Morgan fingerprint density at radius 1 is 1.47 bits per heavy atom. The lowest BCUT2D eigenvalue weighted by Crippen LogP contribution is -2.10. The molecule has 3 heterocycles. The second-order valence-corrected chi connectivity index (χ2v) is 4.24. The Hall–Kier alpha value is -2.09. The Labute approximate surface area is 114 Å². The van der Waals surface area contributed by atoms with Crippen LogP contribution >= 0.6 is 11.6 Å². The summed E-state index contributed by atoms with van der Waals surface area (Å²) in [5, 5.41) is 7.56.